The van der Waals surface area contributed by atoms with Gasteiger partial charge in [-0.05, 0) is 36.8 Å². The molecule has 0 saturated carbocycles. The molecule has 0 heterocycles. The Morgan fingerprint density at radius 1 is 1.05 bits per heavy atom. The van der Waals surface area contributed by atoms with Crippen molar-refractivity contribution in [3.05, 3.63) is 30.3 Å². The van der Waals surface area contributed by atoms with Crippen LogP contribution in [0, 0.1) is 11.8 Å². The Labute approximate surface area is 132 Å². The lowest BCUT2D eigenvalue weighted by Crippen LogP contribution is -2.30. The zero-order valence-electron chi connectivity index (χ0n) is 13.2. The highest BCUT2D eigenvalue weighted by molar-refractivity contribution is 6.28. The zero-order chi connectivity index (χ0) is 15.8. The number of benzene rings is 1. The van der Waals surface area contributed by atoms with Gasteiger partial charge in [0.25, 0.3) is 5.56 Å². The molecule has 0 amide bonds. The monoisotopic (exact) mass is 312 g/mol. The number of carbonyl (C=O) groups excluding carboxylic acids is 1. The molecule has 0 N–H and O–H groups in total. The van der Waals surface area contributed by atoms with Crippen LogP contribution in [0.4, 0.5) is 0 Å². The standard InChI is InChI=1S/C17H25ClO3/c1-12(2)10-15(11-13(3)4)21-17(19)16(18)20-14-8-6-5-7-9-14/h5-9,12-13,15-16H,10-11H2,1-4H3. The van der Waals surface area contributed by atoms with Crippen molar-refractivity contribution in [1.29, 1.82) is 0 Å². The number of para-hydroxylation sites is 1. The molecule has 1 unspecified atom stereocenters. The lowest BCUT2D eigenvalue weighted by atomic mass is 9.98. The van der Waals surface area contributed by atoms with Crippen molar-refractivity contribution in [3.8, 4) is 5.75 Å². The topological polar surface area (TPSA) is 35.5 Å². The number of hydrogen-bond donors (Lipinski definition) is 0. The maximum atomic E-state index is 12.0. The van der Waals surface area contributed by atoms with E-state index < -0.39 is 11.5 Å². The van der Waals surface area contributed by atoms with Crippen LogP contribution in [0.2, 0.25) is 0 Å². The normalized spacial score (nSPS) is 12.8. The second-order valence-corrected chi connectivity index (χ2v) is 6.46. The van der Waals surface area contributed by atoms with Gasteiger partial charge in [0, 0.05) is 0 Å². The van der Waals surface area contributed by atoms with Gasteiger partial charge in [-0.15, -0.1) is 0 Å². The van der Waals surface area contributed by atoms with Gasteiger partial charge in [0.2, 0.25) is 0 Å². The molecule has 0 bridgehead atoms. The maximum absolute atomic E-state index is 12.0. The summed E-state index contributed by atoms with van der Waals surface area (Å²) >= 11 is 5.99. The Morgan fingerprint density at radius 3 is 2.05 bits per heavy atom. The molecule has 1 aromatic carbocycles. The van der Waals surface area contributed by atoms with Crippen LogP contribution in [0.15, 0.2) is 30.3 Å². The third kappa shape index (κ3) is 7.37. The van der Waals surface area contributed by atoms with E-state index in [4.69, 9.17) is 21.1 Å². The maximum Gasteiger partial charge on any atom is 0.363 e. The summed E-state index contributed by atoms with van der Waals surface area (Å²) in [6.45, 7) is 8.44. The molecule has 21 heavy (non-hydrogen) atoms. The van der Waals surface area contributed by atoms with Crippen LogP contribution in [0.5, 0.6) is 5.75 Å². The van der Waals surface area contributed by atoms with E-state index in [1.807, 2.05) is 18.2 Å². The first-order valence-electron chi connectivity index (χ1n) is 7.44. The van der Waals surface area contributed by atoms with Gasteiger partial charge in [-0.1, -0.05) is 57.5 Å². The second kappa shape index (κ2) is 8.93. The largest absolute Gasteiger partial charge is 0.463 e. The van der Waals surface area contributed by atoms with Gasteiger partial charge in [-0.25, -0.2) is 4.79 Å². The van der Waals surface area contributed by atoms with Crippen molar-refractivity contribution in [1.82, 2.24) is 0 Å². The number of ether oxygens (including phenoxy) is 2. The number of alkyl halides is 1. The van der Waals surface area contributed by atoms with Crippen molar-refractivity contribution >= 4 is 17.6 Å². The first kappa shape index (κ1) is 17.8. The fourth-order valence-electron chi connectivity index (χ4n) is 2.13. The van der Waals surface area contributed by atoms with Crippen molar-refractivity contribution in [2.24, 2.45) is 11.8 Å². The van der Waals surface area contributed by atoms with Crippen molar-refractivity contribution in [3.63, 3.8) is 0 Å². The first-order chi connectivity index (χ1) is 9.88. The van der Waals surface area contributed by atoms with Crippen molar-refractivity contribution < 1.29 is 14.3 Å². The van der Waals surface area contributed by atoms with Crippen LogP contribution < -0.4 is 4.74 Å². The molecule has 118 valence electrons. The van der Waals surface area contributed by atoms with Gasteiger partial charge in [0.15, 0.2) is 0 Å². The molecule has 1 rings (SSSR count). The highest BCUT2D eigenvalue weighted by atomic mass is 35.5. The van der Waals surface area contributed by atoms with Crippen LogP contribution in [0.3, 0.4) is 0 Å². The number of rotatable bonds is 8. The molecule has 0 aliphatic rings. The molecule has 0 aromatic heterocycles. The van der Waals surface area contributed by atoms with Gasteiger partial charge in [-0.2, -0.15) is 0 Å². The van der Waals surface area contributed by atoms with E-state index in [0.717, 1.165) is 12.8 Å². The van der Waals surface area contributed by atoms with Gasteiger partial charge >= 0.3 is 5.97 Å². The van der Waals surface area contributed by atoms with Crippen molar-refractivity contribution in [2.75, 3.05) is 0 Å². The minimum absolute atomic E-state index is 0.113. The summed E-state index contributed by atoms with van der Waals surface area (Å²) in [5.41, 5.74) is -1.12. The van der Waals surface area contributed by atoms with E-state index in [0.29, 0.717) is 17.6 Å². The van der Waals surface area contributed by atoms with Crippen LogP contribution >= 0.6 is 11.6 Å². The molecule has 0 spiro atoms. The van der Waals surface area contributed by atoms with Gasteiger partial charge in [-0.3, -0.25) is 0 Å². The quantitative estimate of drug-likeness (QED) is 0.518. The summed E-state index contributed by atoms with van der Waals surface area (Å²) in [5, 5.41) is 0. The van der Waals surface area contributed by atoms with Gasteiger partial charge in [0.05, 0.1) is 0 Å². The van der Waals surface area contributed by atoms with Gasteiger partial charge in [0.1, 0.15) is 11.9 Å². The Morgan fingerprint density at radius 2 is 1.57 bits per heavy atom. The summed E-state index contributed by atoms with van der Waals surface area (Å²) in [4.78, 5) is 12.0. The Balaban J connectivity index is 2.55. The highest BCUT2D eigenvalue weighted by Gasteiger charge is 2.24. The average Bonchev–Trinajstić information content (AvgIpc) is 2.38. The van der Waals surface area contributed by atoms with E-state index in [9.17, 15) is 4.79 Å². The fourth-order valence-corrected chi connectivity index (χ4v) is 2.28. The smallest absolute Gasteiger partial charge is 0.363 e. The summed E-state index contributed by atoms with van der Waals surface area (Å²) in [5.74, 6) is 0.960. The number of hydrogen-bond acceptors (Lipinski definition) is 3. The van der Waals surface area contributed by atoms with Crippen LogP contribution in [0.1, 0.15) is 40.5 Å². The van der Waals surface area contributed by atoms with E-state index in [-0.39, 0.29) is 6.10 Å². The zero-order valence-corrected chi connectivity index (χ0v) is 14.0. The van der Waals surface area contributed by atoms with Gasteiger partial charge < -0.3 is 9.47 Å². The highest BCUT2D eigenvalue weighted by Crippen LogP contribution is 2.19. The molecule has 4 heteroatoms. The summed E-state index contributed by atoms with van der Waals surface area (Å²) in [7, 11) is 0. The molecular formula is C17H25ClO3. The lowest BCUT2D eigenvalue weighted by molar-refractivity contribution is -0.155. The van der Waals surface area contributed by atoms with Crippen LogP contribution in [-0.4, -0.2) is 17.6 Å². The minimum atomic E-state index is -1.12. The SMILES string of the molecule is CC(C)CC(CC(C)C)OC(=O)C(Cl)Oc1ccccc1. The Hall–Kier alpha value is -1.22. The third-order valence-electron chi connectivity index (χ3n) is 2.92. The Kier molecular flexibility index (Phi) is 7.58. The predicted octanol–water partition coefficient (Wildman–Crippen LogP) is 4.63. The lowest BCUT2D eigenvalue weighted by Gasteiger charge is -2.23. The Bertz CT molecular complexity index is 407. The van der Waals surface area contributed by atoms with E-state index in [2.05, 4.69) is 27.7 Å². The average molecular weight is 313 g/mol. The number of halogens is 1. The predicted molar refractivity (Wildman–Crippen MR) is 85.5 cm³/mol. The summed E-state index contributed by atoms with van der Waals surface area (Å²) in [6, 6.07) is 9.02. The number of esters is 1. The molecule has 1 atom stereocenters. The van der Waals surface area contributed by atoms with E-state index in [1.165, 1.54) is 0 Å². The second-order valence-electron chi connectivity index (χ2n) is 6.06. The van der Waals surface area contributed by atoms with E-state index >= 15 is 0 Å². The van der Waals surface area contributed by atoms with Crippen LogP contribution in [0.25, 0.3) is 0 Å². The molecule has 0 radical (unpaired) electrons. The number of carbonyl (C=O) groups is 1. The third-order valence-corrected chi connectivity index (χ3v) is 3.19. The summed E-state index contributed by atoms with van der Waals surface area (Å²) in [6.07, 6.45) is 1.55. The molecule has 0 aliphatic heterocycles. The fraction of sp³-hybridized carbons (Fsp3) is 0.588. The first-order valence-corrected chi connectivity index (χ1v) is 7.88. The minimum Gasteiger partial charge on any atom is -0.463 e. The molecule has 0 saturated heterocycles. The van der Waals surface area contributed by atoms with E-state index in [1.54, 1.807) is 12.1 Å². The summed E-state index contributed by atoms with van der Waals surface area (Å²) < 4.78 is 10.9. The molecular weight excluding hydrogens is 288 g/mol. The molecule has 0 fully saturated rings. The van der Waals surface area contributed by atoms with Crippen molar-refractivity contribution in [2.45, 2.75) is 52.2 Å². The van der Waals surface area contributed by atoms with Crippen LogP contribution in [-0.2, 0) is 9.53 Å². The molecule has 3 nitrogen and oxygen atoms in total. The molecule has 1 aromatic rings. The molecule has 0 aliphatic carbocycles.